The summed E-state index contributed by atoms with van der Waals surface area (Å²) < 4.78 is 5.29. The fraction of sp³-hybridized carbons (Fsp3) is 0.174. The van der Waals surface area contributed by atoms with Gasteiger partial charge in [-0.2, -0.15) is 0 Å². The number of carbonyl (C=O) groups is 1. The van der Waals surface area contributed by atoms with E-state index in [1.54, 1.807) is 7.11 Å². The Kier molecular flexibility index (Phi) is 6.10. The van der Waals surface area contributed by atoms with Crippen LogP contribution < -0.4 is 15.4 Å². The van der Waals surface area contributed by atoms with E-state index in [-0.39, 0.29) is 5.91 Å². The topological polar surface area (TPSA) is 50.4 Å². The van der Waals surface area contributed by atoms with Crippen LogP contribution in [0.5, 0.6) is 5.75 Å². The molecule has 4 nitrogen and oxygen atoms in total. The van der Waals surface area contributed by atoms with Crippen molar-refractivity contribution in [3.63, 3.8) is 0 Å². The van der Waals surface area contributed by atoms with Crippen molar-refractivity contribution >= 4 is 17.3 Å². The van der Waals surface area contributed by atoms with Crippen LogP contribution in [-0.4, -0.2) is 13.0 Å². The molecule has 0 atom stereocenters. The molecule has 0 fully saturated rings. The lowest BCUT2D eigenvalue weighted by Crippen LogP contribution is -2.13. The minimum Gasteiger partial charge on any atom is -0.495 e. The van der Waals surface area contributed by atoms with E-state index in [4.69, 9.17) is 4.74 Å². The molecule has 3 aromatic carbocycles. The summed E-state index contributed by atoms with van der Waals surface area (Å²) >= 11 is 0. The van der Waals surface area contributed by atoms with Gasteiger partial charge in [-0.05, 0) is 47.9 Å². The molecule has 1 amide bonds. The Morgan fingerprint density at radius 2 is 1.67 bits per heavy atom. The summed E-state index contributed by atoms with van der Waals surface area (Å²) in [6, 6.07) is 23.3. The molecule has 0 bridgehead atoms. The SMILES string of the molecule is CCc1ccccc1NCc1cccc(C(=O)Nc2ccccc2OC)c1. The van der Waals surface area contributed by atoms with E-state index in [9.17, 15) is 4.79 Å². The van der Waals surface area contributed by atoms with E-state index in [1.807, 2.05) is 60.7 Å². The lowest BCUT2D eigenvalue weighted by Gasteiger charge is -2.12. The highest BCUT2D eigenvalue weighted by Crippen LogP contribution is 2.24. The highest BCUT2D eigenvalue weighted by atomic mass is 16.5. The molecule has 0 heterocycles. The molecule has 0 aromatic heterocycles. The van der Waals surface area contributed by atoms with Crippen molar-refractivity contribution in [2.75, 3.05) is 17.7 Å². The van der Waals surface area contributed by atoms with E-state index in [0.717, 1.165) is 17.7 Å². The zero-order valence-electron chi connectivity index (χ0n) is 15.7. The number of anilines is 2. The monoisotopic (exact) mass is 360 g/mol. The maximum absolute atomic E-state index is 12.6. The van der Waals surface area contributed by atoms with Gasteiger partial charge in [0, 0.05) is 17.8 Å². The van der Waals surface area contributed by atoms with Crippen LogP contribution in [-0.2, 0) is 13.0 Å². The molecule has 0 unspecified atom stereocenters. The summed E-state index contributed by atoms with van der Waals surface area (Å²) in [5.41, 5.74) is 4.73. The average Bonchev–Trinajstić information content (AvgIpc) is 2.73. The maximum Gasteiger partial charge on any atom is 0.255 e. The number of para-hydroxylation sites is 3. The van der Waals surface area contributed by atoms with Crippen LogP contribution in [0.15, 0.2) is 72.8 Å². The third-order valence-electron chi connectivity index (χ3n) is 4.43. The highest BCUT2D eigenvalue weighted by Gasteiger charge is 2.10. The molecule has 27 heavy (non-hydrogen) atoms. The standard InChI is InChI=1S/C23H24N2O2/c1-3-18-10-4-5-12-20(18)24-16-17-9-8-11-19(15-17)23(26)25-21-13-6-7-14-22(21)27-2/h4-15,24H,3,16H2,1-2H3,(H,25,26). The molecule has 0 saturated carbocycles. The van der Waals surface area contributed by atoms with Gasteiger partial charge in [-0.15, -0.1) is 0 Å². The number of ether oxygens (including phenoxy) is 1. The van der Waals surface area contributed by atoms with Crippen molar-refractivity contribution in [3.8, 4) is 5.75 Å². The van der Waals surface area contributed by atoms with Gasteiger partial charge in [-0.1, -0.05) is 49.4 Å². The number of aryl methyl sites for hydroxylation is 1. The van der Waals surface area contributed by atoms with Crippen molar-refractivity contribution in [3.05, 3.63) is 89.5 Å². The molecule has 2 N–H and O–H groups in total. The van der Waals surface area contributed by atoms with E-state index < -0.39 is 0 Å². The molecular formula is C23H24N2O2. The number of hydrogen-bond acceptors (Lipinski definition) is 3. The van der Waals surface area contributed by atoms with Gasteiger partial charge in [-0.25, -0.2) is 0 Å². The molecule has 0 aliphatic heterocycles. The first-order valence-electron chi connectivity index (χ1n) is 9.06. The Balaban J connectivity index is 1.70. The lowest BCUT2D eigenvalue weighted by atomic mass is 10.1. The number of benzene rings is 3. The zero-order chi connectivity index (χ0) is 19.1. The van der Waals surface area contributed by atoms with Crippen LogP contribution in [0.1, 0.15) is 28.4 Å². The second kappa shape index (κ2) is 8.90. The smallest absolute Gasteiger partial charge is 0.255 e. The van der Waals surface area contributed by atoms with Gasteiger partial charge in [0.05, 0.1) is 12.8 Å². The number of hydrogen-bond donors (Lipinski definition) is 2. The number of rotatable bonds is 7. The number of nitrogens with one attached hydrogen (secondary N) is 2. The maximum atomic E-state index is 12.6. The lowest BCUT2D eigenvalue weighted by molar-refractivity contribution is 0.102. The van der Waals surface area contributed by atoms with Crippen LogP contribution in [0.25, 0.3) is 0 Å². The summed E-state index contributed by atoms with van der Waals surface area (Å²) in [6.07, 6.45) is 0.977. The fourth-order valence-electron chi connectivity index (χ4n) is 2.96. The van der Waals surface area contributed by atoms with Gasteiger partial charge in [0.1, 0.15) is 5.75 Å². The molecule has 4 heteroatoms. The molecule has 0 saturated heterocycles. The first-order chi connectivity index (χ1) is 13.2. The zero-order valence-corrected chi connectivity index (χ0v) is 15.7. The summed E-state index contributed by atoms with van der Waals surface area (Å²) in [5, 5.41) is 6.38. The molecular weight excluding hydrogens is 336 g/mol. The minimum atomic E-state index is -0.157. The van der Waals surface area contributed by atoms with Crippen LogP contribution in [0, 0.1) is 0 Å². The number of carbonyl (C=O) groups excluding carboxylic acids is 1. The Hall–Kier alpha value is -3.27. The predicted octanol–water partition coefficient (Wildman–Crippen LogP) is 5.12. The quantitative estimate of drug-likeness (QED) is 0.615. The molecule has 3 rings (SSSR count). The van der Waals surface area contributed by atoms with Gasteiger partial charge in [0.15, 0.2) is 0 Å². The molecule has 138 valence electrons. The average molecular weight is 360 g/mol. The molecule has 0 aliphatic carbocycles. The van der Waals surface area contributed by atoms with E-state index in [0.29, 0.717) is 23.5 Å². The van der Waals surface area contributed by atoms with Crippen LogP contribution in [0.3, 0.4) is 0 Å². The normalized spacial score (nSPS) is 10.3. The Bertz CT molecular complexity index is 922. The van der Waals surface area contributed by atoms with Crippen molar-refractivity contribution in [1.82, 2.24) is 0 Å². The van der Waals surface area contributed by atoms with Gasteiger partial charge < -0.3 is 15.4 Å². The van der Waals surface area contributed by atoms with Gasteiger partial charge >= 0.3 is 0 Å². The highest BCUT2D eigenvalue weighted by molar-refractivity contribution is 6.05. The van der Waals surface area contributed by atoms with Crippen LogP contribution in [0.4, 0.5) is 11.4 Å². The van der Waals surface area contributed by atoms with Gasteiger partial charge in [0.25, 0.3) is 5.91 Å². The molecule has 0 spiro atoms. The second-order valence-corrected chi connectivity index (χ2v) is 6.22. The first kappa shape index (κ1) is 18.5. The van der Waals surface area contributed by atoms with Crippen molar-refractivity contribution in [2.24, 2.45) is 0 Å². The first-order valence-corrected chi connectivity index (χ1v) is 9.06. The largest absolute Gasteiger partial charge is 0.495 e. The predicted molar refractivity (Wildman–Crippen MR) is 111 cm³/mol. The minimum absolute atomic E-state index is 0.157. The summed E-state index contributed by atoms with van der Waals surface area (Å²) in [7, 11) is 1.59. The van der Waals surface area contributed by atoms with Crippen molar-refractivity contribution in [1.29, 1.82) is 0 Å². The molecule has 0 aliphatic rings. The molecule has 3 aromatic rings. The Morgan fingerprint density at radius 3 is 2.44 bits per heavy atom. The summed E-state index contributed by atoms with van der Waals surface area (Å²) in [6.45, 7) is 2.80. The third-order valence-corrected chi connectivity index (χ3v) is 4.43. The number of methoxy groups -OCH3 is 1. The molecule has 0 radical (unpaired) electrons. The van der Waals surface area contributed by atoms with Gasteiger partial charge in [-0.3, -0.25) is 4.79 Å². The fourth-order valence-corrected chi connectivity index (χ4v) is 2.96. The van der Waals surface area contributed by atoms with E-state index >= 15 is 0 Å². The summed E-state index contributed by atoms with van der Waals surface area (Å²) in [5.74, 6) is 0.482. The summed E-state index contributed by atoms with van der Waals surface area (Å²) in [4.78, 5) is 12.6. The Morgan fingerprint density at radius 1 is 0.926 bits per heavy atom. The van der Waals surface area contributed by atoms with Crippen LogP contribution >= 0.6 is 0 Å². The van der Waals surface area contributed by atoms with Crippen LogP contribution in [0.2, 0.25) is 0 Å². The van der Waals surface area contributed by atoms with Crippen molar-refractivity contribution < 1.29 is 9.53 Å². The van der Waals surface area contributed by atoms with E-state index in [1.165, 1.54) is 5.56 Å². The number of amides is 1. The third kappa shape index (κ3) is 4.67. The van der Waals surface area contributed by atoms with Gasteiger partial charge in [0.2, 0.25) is 0 Å². The van der Waals surface area contributed by atoms with Crippen molar-refractivity contribution in [2.45, 2.75) is 19.9 Å². The van der Waals surface area contributed by atoms with E-state index in [2.05, 4.69) is 29.7 Å². The Labute approximate surface area is 160 Å². The second-order valence-electron chi connectivity index (χ2n) is 6.22.